The Balaban J connectivity index is 1.71. The first-order valence-corrected chi connectivity index (χ1v) is 7.69. The Morgan fingerprint density at radius 3 is 2.65 bits per heavy atom. The molecule has 0 saturated heterocycles. The number of carbonyl (C=O) groups excluding carboxylic acids is 1. The first-order valence-electron chi connectivity index (χ1n) is 7.69. The number of hydrogen-bond donors (Lipinski definition) is 1. The van der Waals surface area contributed by atoms with Gasteiger partial charge in [-0.3, -0.25) is 14.9 Å². The van der Waals surface area contributed by atoms with E-state index in [2.05, 4.69) is 10.5 Å². The Kier molecular flexibility index (Phi) is 4.66. The number of aryl methyl sites for hydroxylation is 2. The van der Waals surface area contributed by atoms with Crippen LogP contribution in [-0.2, 0) is 0 Å². The smallest absolute Gasteiger partial charge is 0.307 e. The zero-order valence-corrected chi connectivity index (χ0v) is 14.1. The standard InChI is InChI=1S/C18H15N3O5/c1-11-3-5-13(9-15(11)21(23)24)16-8-6-14(26-16)10-19-20-18(22)17-7-4-12(2)25-17/h3-10H,1-2H3,(H,20,22)/b19-10-. The third-order valence-electron chi connectivity index (χ3n) is 3.64. The number of nitro groups is 1. The summed E-state index contributed by atoms with van der Waals surface area (Å²) in [6.07, 6.45) is 1.33. The summed E-state index contributed by atoms with van der Waals surface area (Å²) in [5.41, 5.74) is 3.50. The monoisotopic (exact) mass is 353 g/mol. The van der Waals surface area contributed by atoms with Gasteiger partial charge in [0.1, 0.15) is 17.3 Å². The average molecular weight is 353 g/mol. The van der Waals surface area contributed by atoms with Gasteiger partial charge in [0.25, 0.3) is 5.69 Å². The first kappa shape index (κ1) is 17.2. The minimum absolute atomic E-state index is 0.0233. The normalized spacial score (nSPS) is 11.0. The second kappa shape index (κ2) is 7.06. The summed E-state index contributed by atoms with van der Waals surface area (Å²) < 4.78 is 10.8. The van der Waals surface area contributed by atoms with Gasteiger partial charge in [0, 0.05) is 17.2 Å². The minimum Gasteiger partial charge on any atom is -0.456 e. The van der Waals surface area contributed by atoms with Gasteiger partial charge >= 0.3 is 5.91 Å². The fourth-order valence-electron chi connectivity index (χ4n) is 2.30. The quantitative estimate of drug-likeness (QED) is 0.426. The average Bonchev–Trinajstić information content (AvgIpc) is 3.24. The second-order valence-corrected chi connectivity index (χ2v) is 5.57. The van der Waals surface area contributed by atoms with Crippen LogP contribution in [0.15, 0.2) is 56.4 Å². The molecule has 3 aromatic rings. The number of furan rings is 2. The van der Waals surface area contributed by atoms with Crippen LogP contribution in [0.25, 0.3) is 11.3 Å². The van der Waals surface area contributed by atoms with E-state index in [1.807, 2.05) is 0 Å². The summed E-state index contributed by atoms with van der Waals surface area (Å²) in [5, 5.41) is 14.8. The summed E-state index contributed by atoms with van der Waals surface area (Å²) >= 11 is 0. The Labute approximate surface area is 148 Å². The van der Waals surface area contributed by atoms with Gasteiger partial charge in [0.15, 0.2) is 5.76 Å². The predicted octanol–water partition coefficient (Wildman–Crippen LogP) is 3.83. The molecule has 0 aliphatic carbocycles. The number of hydrazone groups is 1. The first-order chi connectivity index (χ1) is 12.4. The Morgan fingerprint density at radius 1 is 1.15 bits per heavy atom. The van der Waals surface area contributed by atoms with Gasteiger partial charge in [-0.1, -0.05) is 12.1 Å². The molecule has 1 amide bonds. The van der Waals surface area contributed by atoms with Crippen LogP contribution in [0, 0.1) is 24.0 Å². The van der Waals surface area contributed by atoms with Crippen molar-refractivity contribution in [3.05, 3.63) is 75.4 Å². The summed E-state index contributed by atoms with van der Waals surface area (Å²) in [7, 11) is 0. The van der Waals surface area contributed by atoms with E-state index < -0.39 is 10.8 Å². The van der Waals surface area contributed by atoms with E-state index in [4.69, 9.17) is 8.83 Å². The fourth-order valence-corrected chi connectivity index (χ4v) is 2.30. The third kappa shape index (κ3) is 3.69. The van der Waals surface area contributed by atoms with Gasteiger partial charge in [0.2, 0.25) is 0 Å². The maximum Gasteiger partial charge on any atom is 0.307 e. The highest BCUT2D eigenvalue weighted by Crippen LogP contribution is 2.27. The molecule has 2 heterocycles. The number of nitrogens with one attached hydrogen (secondary N) is 1. The van der Waals surface area contributed by atoms with Crippen molar-refractivity contribution < 1.29 is 18.6 Å². The number of nitrogens with zero attached hydrogens (tertiary/aromatic N) is 2. The molecule has 132 valence electrons. The SMILES string of the molecule is Cc1ccc(C(=O)N/N=C\c2ccc(-c3ccc(C)c([N+](=O)[O-])c3)o2)o1. The van der Waals surface area contributed by atoms with E-state index in [-0.39, 0.29) is 11.4 Å². The maximum atomic E-state index is 11.8. The van der Waals surface area contributed by atoms with E-state index in [1.54, 1.807) is 50.2 Å². The van der Waals surface area contributed by atoms with Crippen LogP contribution >= 0.6 is 0 Å². The molecule has 0 aliphatic rings. The van der Waals surface area contributed by atoms with Gasteiger partial charge in [0.05, 0.1) is 11.1 Å². The molecule has 0 atom stereocenters. The molecule has 3 rings (SSSR count). The van der Waals surface area contributed by atoms with Crippen molar-refractivity contribution >= 4 is 17.8 Å². The predicted molar refractivity (Wildman–Crippen MR) is 94.0 cm³/mol. The van der Waals surface area contributed by atoms with Gasteiger partial charge in [-0.2, -0.15) is 5.10 Å². The lowest BCUT2D eigenvalue weighted by molar-refractivity contribution is -0.385. The van der Waals surface area contributed by atoms with Crippen LogP contribution in [0.5, 0.6) is 0 Å². The highest BCUT2D eigenvalue weighted by molar-refractivity contribution is 5.92. The Morgan fingerprint density at radius 2 is 1.96 bits per heavy atom. The molecule has 0 radical (unpaired) electrons. The van der Waals surface area contributed by atoms with Gasteiger partial charge < -0.3 is 8.83 Å². The summed E-state index contributed by atoms with van der Waals surface area (Å²) in [5.74, 6) is 1.16. The Hall–Kier alpha value is -3.68. The van der Waals surface area contributed by atoms with Crippen molar-refractivity contribution in [3.63, 3.8) is 0 Å². The third-order valence-corrected chi connectivity index (χ3v) is 3.64. The second-order valence-electron chi connectivity index (χ2n) is 5.57. The van der Waals surface area contributed by atoms with E-state index >= 15 is 0 Å². The van der Waals surface area contributed by atoms with Gasteiger partial charge in [-0.25, -0.2) is 5.43 Å². The van der Waals surface area contributed by atoms with E-state index in [0.29, 0.717) is 28.4 Å². The zero-order chi connectivity index (χ0) is 18.7. The topological polar surface area (TPSA) is 111 Å². The number of carbonyl (C=O) groups is 1. The Bertz CT molecular complexity index is 1000. The highest BCUT2D eigenvalue weighted by atomic mass is 16.6. The number of benzene rings is 1. The number of rotatable bonds is 5. The molecule has 0 unspecified atom stereocenters. The van der Waals surface area contributed by atoms with Crippen LogP contribution in [0.2, 0.25) is 0 Å². The van der Waals surface area contributed by atoms with Crippen molar-refractivity contribution in [1.82, 2.24) is 5.43 Å². The van der Waals surface area contributed by atoms with Crippen LogP contribution < -0.4 is 5.43 Å². The maximum absolute atomic E-state index is 11.8. The molecule has 1 aromatic carbocycles. The largest absolute Gasteiger partial charge is 0.456 e. The van der Waals surface area contributed by atoms with E-state index in [9.17, 15) is 14.9 Å². The molecule has 0 spiro atoms. The van der Waals surface area contributed by atoms with Crippen molar-refractivity contribution in [1.29, 1.82) is 0 Å². The van der Waals surface area contributed by atoms with Crippen LogP contribution in [0.1, 0.15) is 27.6 Å². The van der Waals surface area contributed by atoms with Crippen LogP contribution in [-0.4, -0.2) is 17.0 Å². The molecule has 0 bridgehead atoms. The van der Waals surface area contributed by atoms with E-state index in [0.717, 1.165) is 0 Å². The molecule has 26 heavy (non-hydrogen) atoms. The van der Waals surface area contributed by atoms with Crippen molar-refractivity contribution in [2.45, 2.75) is 13.8 Å². The summed E-state index contributed by atoms with van der Waals surface area (Å²) in [6, 6.07) is 11.4. The molecule has 1 N–H and O–H groups in total. The molecule has 0 aliphatic heterocycles. The van der Waals surface area contributed by atoms with Gasteiger partial charge in [-0.15, -0.1) is 0 Å². The molecule has 8 nitrogen and oxygen atoms in total. The lowest BCUT2D eigenvalue weighted by Gasteiger charge is -2.00. The molecule has 0 fully saturated rings. The molecular weight excluding hydrogens is 338 g/mol. The molecule has 8 heteroatoms. The van der Waals surface area contributed by atoms with Crippen molar-refractivity contribution in [2.75, 3.05) is 0 Å². The van der Waals surface area contributed by atoms with Crippen LogP contribution in [0.4, 0.5) is 5.69 Å². The fraction of sp³-hybridized carbons (Fsp3) is 0.111. The molecule has 0 saturated carbocycles. The lowest BCUT2D eigenvalue weighted by Crippen LogP contribution is -2.16. The van der Waals surface area contributed by atoms with E-state index in [1.165, 1.54) is 12.3 Å². The number of amides is 1. The minimum atomic E-state index is -0.477. The summed E-state index contributed by atoms with van der Waals surface area (Å²) in [6.45, 7) is 3.41. The lowest BCUT2D eigenvalue weighted by atomic mass is 10.1. The number of nitro benzene ring substituents is 1. The number of hydrogen-bond acceptors (Lipinski definition) is 6. The van der Waals surface area contributed by atoms with Gasteiger partial charge in [-0.05, 0) is 38.1 Å². The zero-order valence-electron chi connectivity index (χ0n) is 14.1. The van der Waals surface area contributed by atoms with Crippen molar-refractivity contribution in [2.24, 2.45) is 5.10 Å². The molecular formula is C18H15N3O5. The van der Waals surface area contributed by atoms with Crippen LogP contribution in [0.3, 0.4) is 0 Å². The molecule has 2 aromatic heterocycles. The van der Waals surface area contributed by atoms with Crippen molar-refractivity contribution in [3.8, 4) is 11.3 Å². The highest BCUT2D eigenvalue weighted by Gasteiger charge is 2.14. The summed E-state index contributed by atoms with van der Waals surface area (Å²) in [4.78, 5) is 22.4.